The fraction of sp³-hybridized carbons (Fsp3) is 0.0714. The van der Waals surface area contributed by atoms with E-state index in [-0.39, 0.29) is 16.9 Å². The molecular weight excluding hydrogens is 473 g/mol. The van der Waals surface area contributed by atoms with Crippen LogP contribution in [0.2, 0.25) is 0 Å². The maximum Gasteiger partial charge on any atom is 0.417 e. The highest BCUT2D eigenvalue weighted by Gasteiger charge is 2.34. The molecule has 184 valence electrons. The van der Waals surface area contributed by atoms with E-state index in [1.807, 2.05) is 0 Å². The quantitative estimate of drug-likeness (QED) is 0.145. The second kappa shape index (κ2) is 11.2. The molecule has 0 heterocycles. The zero-order valence-corrected chi connectivity index (χ0v) is 19.2. The summed E-state index contributed by atoms with van der Waals surface area (Å²) in [6, 6.07) is 16.2. The van der Waals surface area contributed by atoms with Crippen molar-refractivity contribution >= 4 is 11.9 Å². The van der Waals surface area contributed by atoms with Crippen LogP contribution >= 0.6 is 0 Å². The molecule has 0 unspecified atom stereocenters. The molecule has 0 aliphatic rings. The van der Waals surface area contributed by atoms with Gasteiger partial charge in [-0.3, -0.25) is 0 Å². The van der Waals surface area contributed by atoms with E-state index in [1.165, 1.54) is 37.3 Å². The Morgan fingerprint density at radius 1 is 0.833 bits per heavy atom. The Labute approximate surface area is 205 Å². The highest BCUT2D eigenvalue weighted by Crippen LogP contribution is 2.40. The summed E-state index contributed by atoms with van der Waals surface area (Å²) in [6.45, 7) is 8.24. The number of ether oxygens (including phenoxy) is 3. The molecule has 3 aromatic carbocycles. The Bertz CT molecular complexity index is 1300. The van der Waals surface area contributed by atoms with Gasteiger partial charge in [-0.25, -0.2) is 9.59 Å². The molecule has 0 aliphatic carbocycles. The van der Waals surface area contributed by atoms with E-state index in [1.54, 1.807) is 30.3 Å². The molecule has 0 N–H and O–H groups in total. The van der Waals surface area contributed by atoms with Gasteiger partial charge in [0.15, 0.2) is 0 Å². The highest BCUT2D eigenvalue weighted by atomic mass is 19.4. The summed E-state index contributed by atoms with van der Waals surface area (Å²) in [7, 11) is 0. The molecule has 0 atom stereocenters. The number of esters is 2. The molecule has 3 aromatic rings. The zero-order chi connectivity index (χ0) is 26.3. The van der Waals surface area contributed by atoms with E-state index in [9.17, 15) is 22.8 Å². The molecule has 0 radical (unpaired) electrons. The number of benzene rings is 3. The number of rotatable bonds is 8. The third-order valence-corrected chi connectivity index (χ3v) is 4.85. The minimum atomic E-state index is -4.60. The first-order chi connectivity index (χ1) is 17.1. The van der Waals surface area contributed by atoms with Gasteiger partial charge in [0.1, 0.15) is 24.0 Å². The lowest BCUT2D eigenvalue weighted by atomic mass is 9.94. The first-order valence-corrected chi connectivity index (χ1v) is 10.5. The number of hydrogen-bond donors (Lipinski definition) is 0. The molecule has 0 bridgehead atoms. The third kappa shape index (κ3) is 6.73. The van der Waals surface area contributed by atoms with Gasteiger partial charge in [0.2, 0.25) is 0 Å². The summed E-state index contributed by atoms with van der Waals surface area (Å²) in [5.41, 5.74) is 0.613. The van der Waals surface area contributed by atoms with Gasteiger partial charge in [-0.2, -0.15) is 13.2 Å². The van der Waals surface area contributed by atoms with Crippen LogP contribution in [-0.4, -0.2) is 11.9 Å². The topological polar surface area (TPSA) is 61.8 Å². The van der Waals surface area contributed by atoms with Gasteiger partial charge < -0.3 is 14.2 Å². The minimum Gasteiger partial charge on any atom is -0.462 e. The Hall–Kier alpha value is -4.59. The SMILES string of the molecule is C=CC(=O)O/C=C\Oc1ccc(-c2ccc(-c3ccc(OC(=O)C(=C)C)cc3)c(C(F)(F)F)c2)cc1. The normalized spacial score (nSPS) is 11.1. The predicted octanol–water partition coefficient (Wildman–Crippen LogP) is 7.10. The monoisotopic (exact) mass is 494 g/mol. The molecular formula is C28H21F3O5. The Morgan fingerprint density at radius 2 is 1.42 bits per heavy atom. The van der Waals surface area contributed by atoms with Gasteiger partial charge in [0.05, 0.1) is 5.56 Å². The van der Waals surface area contributed by atoms with Crippen molar-refractivity contribution < 1.29 is 37.0 Å². The van der Waals surface area contributed by atoms with Crippen molar-refractivity contribution in [2.24, 2.45) is 0 Å². The van der Waals surface area contributed by atoms with Crippen molar-refractivity contribution in [2.45, 2.75) is 13.1 Å². The summed E-state index contributed by atoms with van der Waals surface area (Å²) in [4.78, 5) is 22.6. The van der Waals surface area contributed by atoms with Crippen molar-refractivity contribution in [3.63, 3.8) is 0 Å². The van der Waals surface area contributed by atoms with Gasteiger partial charge >= 0.3 is 18.1 Å². The van der Waals surface area contributed by atoms with E-state index in [0.29, 0.717) is 22.4 Å². The van der Waals surface area contributed by atoms with Crippen LogP contribution in [0.4, 0.5) is 13.2 Å². The summed E-state index contributed by atoms with van der Waals surface area (Å²) < 4.78 is 56.8. The number of carbonyl (C=O) groups is 2. The standard InChI is InChI=1S/C28H21F3O5/c1-4-26(32)35-16-15-34-22-10-5-19(6-11-22)21-9-14-24(25(17-21)28(29,30)31)20-7-12-23(13-8-20)36-27(33)18(2)3/h4-17H,1-2H2,3H3/b16-15-. The number of hydrogen-bond acceptors (Lipinski definition) is 5. The number of halogens is 3. The lowest BCUT2D eigenvalue weighted by Gasteiger charge is -2.15. The maximum atomic E-state index is 13.9. The van der Waals surface area contributed by atoms with Crippen LogP contribution in [0.25, 0.3) is 22.3 Å². The van der Waals surface area contributed by atoms with Gasteiger partial charge in [0.25, 0.3) is 0 Å². The van der Waals surface area contributed by atoms with E-state index in [4.69, 9.17) is 9.47 Å². The molecule has 36 heavy (non-hydrogen) atoms. The fourth-order valence-corrected chi connectivity index (χ4v) is 3.08. The van der Waals surface area contributed by atoms with E-state index in [0.717, 1.165) is 24.7 Å². The smallest absolute Gasteiger partial charge is 0.417 e. The molecule has 0 saturated carbocycles. The van der Waals surface area contributed by atoms with Crippen LogP contribution in [0.5, 0.6) is 11.5 Å². The van der Waals surface area contributed by atoms with E-state index in [2.05, 4.69) is 17.9 Å². The van der Waals surface area contributed by atoms with Crippen molar-refractivity contribution in [3.05, 3.63) is 110 Å². The average molecular weight is 494 g/mol. The molecule has 0 spiro atoms. The second-order valence-corrected chi connectivity index (χ2v) is 7.51. The summed E-state index contributed by atoms with van der Waals surface area (Å²) in [5.74, 6) is -0.666. The zero-order valence-electron chi connectivity index (χ0n) is 19.2. The van der Waals surface area contributed by atoms with Gasteiger partial charge in [0, 0.05) is 11.6 Å². The Balaban J connectivity index is 1.83. The van der Waals surface area contributed by atoms with Crippen LogP contribution in [0.3, 0.4) is 0 Å². The van der Waals surface area contributed by atoms with Crippen LogP contribution in [0.15, 0.2) is 104 Å². The van der Waals surface area contributed by atoms with E-state index >= 15 is 0 Å². The maximum absolute atomic E-state index is 13.9. The van der Waals surface area contributed by atoms with Gasteiger partial charge in [-0.05, 0) is 59.5 Å². The summed E-state index contributed by atoms with van der Waals surface area (Å²) in [5, 5.41) is 0. The van der Waals surface area contributed by atoms with Crippen LogP contribution in [0, 0.1) is 0 Å². The third-order valence-electron chi connectivity index (χ3n) is 4.85. The molecule has 3 rings (SSSR count). The van der Waals surface area contributed by atoms with Gasteiger partial charge in [-0.1, -0.05) is 49.6 Å². The van der Waals surface area contributed by atoms with Crippen molar-refractivity contribution in [2.75, 3.05) is 0 Å². The van der Waals surface area contributed by atoms with Crippen LogP contribution < -0.4 is 9.47 Å². The predicted molar refractivity (Wildman–Crippen MR) is 129 cm³/mol. The molecule has 0 fully saturated rings. The number of alkyl halides is 3. The largest absolute Gasteiger partial charge is 0.462 e. The van der Waals surface area contributed by atoms with Crippen molar-refractivity contribution in [1.82, 2.24) is 0 Å². The Morgan fingerprint density at radius 3 is 2.00 bits per heavy atom. The summed E-state index contributed by atoms with van der Waals surface area (Å²) in [6.07, 6.45) is -1.41. The molecule has 0 aliphatic heterocycles. The molecule has 0 saturated heterocycles. The Kier molecular flexibility index (Phi) is 8.11. The average Bonchev–Trinajstić information content (AvgIpc) is 2.86. The first-order valence-electron chi connectivity index (χ1n) is 10.5. The highest BCUT2D eigenvalue weighted by molar-refractivity contribution is 5.89. The van der Waals surface area contributed by atoms with E-state index < -0.39 is 23.7 Å². The lowest BCUT2D eigenvalue weighted by Crippen LogP contribution is -2.08. The van der Waals surface area contributed by atoms with Crippen molar-refractivity contribution in [1.29, 1.82) is 0 Å². The number of carbonyl (C=O) groups excluding carboxylic acids is 2. The van der Waals surface area contributed by atoms with Crippen LogP contribution in [-0.2, 0) is 20.5 Å². The lowest BCUT2D eigenvalue weighted by molar-refractivity contribution is -0.137. The fourth-order valence-electron chi connectivity index (χ4n) is 3.08. The second-order valence-electron chi connectivity index (χ2n) is 7.51. The van der Waals surface area contributed by atoms with Crippen molar-refractivity contribution in [3.8, 4) is 33.8 Å². The molecule has 5 nitrogen and oxygen atoms in total. The molecule has 0 amide bonds. The first kappa shape index (κ1) is 26.0. The van der Waals surface area contributed by atoms with Gasteiger partial charge in [-0.15, -0.1) is 0 Å². The summed E-state index contributed by atoms with van der Waals surface area (Å²) >= 11 is 0. The molecule has 8 heteroatoms. The van der Waals surface area contributed by atoms with Crippen LogP contribution in [0.1, 0.15) is 12.5 Å². The minimum absolute atomic E-state index is 0.0109. The molecule has 0 aromatic heterocycles.